The lowest BCUT2D eigenvalue weighted by molar-refractivity contribution is -0.130. The van der Waals surface area contributed by atoms with E-state index in [1.54, 1.807) is 0 Å². The third-order valence-corrected chi connectivity index (χ3v) is 10.2. The maximum Gasteiger partial charge on any atom is 0.407 e. The highest BCUT2D eigenvalue weighted by Crippen LogP contribution is 2.39. The number of halogens is 1. The van der Waals surface area contributed by atoms with E-state index < -0.39 is 35.0 Å². The van der Waals surface area contributed by atoms with Gasteiger partial charge in [-0.3, -0.25) is 24.6 Å². The van der Waals surface area contributed by atoms with Crippen molar-refractivity contribution < 1.29 is 23.5 Å². The number of nitrogens with one attached hydrogen (secondary N) is 6. The summed E-state index contributed by atoms with van der Waals surface area (Å²) in [6, 6.07) is 13.7. The average molecular weight is 724 g/mol. The minimum Gasteiger partial charge on any atom is -0.444 e. The molecule has 0 unspecified atom stereocenters. The molecule has 2 fully saturated rings. The number of aromatic amines is 3. The lowest BCUT2D eigenvalue weighted by Gasteiger charge is -2.29. The van der Waals surface area contributed by atoms with Crippen LogP contribution in [0.25, 0.3) is 33.1 Å². The van der Waals surface area contributed by atoms with E-state index in [-0.39, 0.29) is 40.8 Å². The Labute approximate surface area is 306 Å². The van der Waals surface area contributed by atoms with Crippen LogP contribution in [0.1, 0.15) is 82.2 Å². The van der Waals surface area contributed by atoms with E-state index >= 15 is 0 Å². The molecule has 2 saturated carbocycles. The van der Waals surface area contributed by atoms with Gasteiger partial charge in [0.15, 0.2) is 0 Å². The van der Waals surface area contributed by atoms with Gasteiger partial charge in [0.1, 0.15) is 28.7 Å². The molecular formula is C40H46FN7O5. The number of aryl methyl sites for hydroxylation is 1. The number of rotatable bonds is 10. The van der Waals surface area contributed by atoms with Crippen molar-refractivity contribution in [1.82, 2.24) is 30.8 Å². The number of imidazole rings is 1. The molecule has 6 N–H and O–H groups in total. The maximum absolute atomic E-state index is 14.8. The van der Waals surface area contributed by atoms with Crippen LogP contribution in [0.2, 0.25) is 0 Å². The van der Waals surface area contributed by atoms with Crippen LogP contribution < -0.4 is 21.5 Å². The van der Waals surface area contributed by atoms with E-state index in [0.29, 0.717) is 25.3 Å². The molecule has 53 heavy (non-hydrogen) atoms. The van der Waals surface area contributed by atoms with Crippen molar-refractivity contribution in [2.45, 2.75) is 90.2 Å². The van der Waals surface area contributed by atoms with E-state index in [1.165, 1.54) is 18.9 Å². The monoisotopic (exact) mass is 723 g/mol. The fourth-order valence-corrected chi connectivity index (χ4v) is 7.20. The van der Waals surface area contributed by atoms with Crippen LogP contribution in [0.5, 0.6) is 0 Å². The van der Waals surface area contributed by atoms with E-state index in [0.717, 1.165) is 58.0 Å². The first-order valence-electron chi connectivity index (χ1n) is 18.4. The Morgan fingerprint density at radius 3 is 2.40 bits per heavy atom. The number of benzene rings is 3. The van der Waals surface area contributed by atoms with Gasteiger partial charge in [0.05, 0.1) is 16.6 Å². The standard InChI is InChI=1S/C40H46FN7O5/c1-21-15-30-31(45-35(44-30)25-13-14-25)19-28(21)24-9-5-22(6-10-24)16-33(37(50)43-27-17-29(41)34-32(18-27)47-48-38(34)51)46-36(49)26-11-7-23(8-12-26)20-42-39(52)53-40(2,3)4/h5-6,9-10,15,17-19,23,25-26,33H,7-8,11-14,16,20H2,1-4H3,(H,42,52)(H,43,50)(H,44,45)(H,46,49)(H2,47,48,51)/t23?,26?,33-/m0/s1. The topological polar surface area (TPSA) is 174 Å². The normalized spacial score (nSPS) is 18.1. The number of fused-ring (bicyclic) bond motifs is 2. The summed E-state index contributed by atoms with van der Waals surface area (Å²) >= 11 is 0. The number of hydrogen-bond donors (Lipinski definition) is 6. The van der Waals surface area contributed by atoms with Gasteiger partial charge in [-0.05, 0) is 119 Å². The number of carbonyl (C=O) groups excluding carboxylic acids is 3. The first-order valence-corrected chi connectivity index (χ1v) is 18.4. The third kappa shape index (κ3) is 8.45. The molecule has 0 bridgehead atoms. The third-order valence-electron chi connectivity index (χ3n) is 10.2. The maximum atomic E-state index is 14.8. The number of aromatic nitrogens is 4. The quantitative estimate of drug-likeness (QED) is 0.0933. The van der Waals surface area contributed by atoms with Gasteiger partial charge < -0.3 is 25.7 Å². The molecular weight excluding hydrogens is 677 g/mol. The molecule has 1 atom stereocenters. The SMILES string of the molecule is Cc1cc2[nH]c(C3CC3)nc2cc1-c1ccc(C[C@H](NC(=O)C2CCC(CNC(=O)OC(C)(C)C)CC2)C(=O)Nc2cc(F)c3c(=O)[nH][nH]c3c2)cc1. The molecule has 2 aromatic heterocycles. The predicted molar refractivity (Wildman–Crippen MR) is 201 cm³/mol. The summed E-state index contributed by atoms with van der Waals surface area (Å²) in [5.74, 6) is -0.0344. The van der Waals surface area contributed by atoms with Crippen molar-refractivity contribution in [3.05, 3.63) is 81.7 Å². The first-order chi connectivity index (χ1) is 25.3. The number of H-pyrrole nitrogens is 3. The molecule has 7 rings (SSSR count). The van der Waals surface area contributed by atoms with Gasteiger partial charge >= 0.3 is 6.09 Å². The Hall–Kier alpha value is -5.46. The second-order valence-corrected chi connectivity index (χ2v) is 15.6. The Morgan fingerprint density at radius 1 is 0.962 bits per heavy atom. The van der Waals surface area contributed by atoms with Crippen molar-refractivity contribution in [1.29, 1.82) is 0 Å². The lowest BCUT2D eigenvalue weighted by Crippen LogP contribution is -2.48. The van der Waals surface area contributed by atoms with E-state index in [4.69, 9.17) is 9.72 Å². The summed E-state index contributed by atoms with van der Waals surface area (Å²) in [4.78, 5) is 59.9. The van der Waals surface area contributed by atoms with E-state index in [9.17, 15) is 23.6 Å². The average Bonchev–Trinajstić information content (AvgIpc) is 3.77. The lowest BCUT2D eigenvalue weighted by atomic mass is 9.81. The zero-order valence-electron chi connectivity index (χ0n) is 30.5. The van der Waals surface area contributed by atoms with Gasteiger partial charge in [0.25, 0.3) is 5.56 Å². The molecule has 2 aliphatic rings. The second-order valence-electron chi connectivity index (χ2n) is 15.6. The van der Waals surface area contributed by atoms with Crippen LogP contribution in [-0.4, -0.2) is 56.3 Å². The Morgan fingerprint density at radius 2 is 1.70 bits per heavy atom. The Kier molecular flexibility index (Phi) is 9.84. The molecule has 2 aliphatic carbocycles. The number of nitrogens with zero attached hydrogens (tertiary/aromatic N) is 1. The van der Waals surface area contributed by atoms with Crippen LogP contribution in [0, 0.1) is 24.6 Å². The van der Waals surface area contributed by atoms with Crippen LogP contribution >= 0.6 is 0 Å². The largest absolute Gasteiger partial charge is 0.444 e. The van der Waals surface area contributed by atoms with Crippen LogP contribution in [0.15, 0.2) is 53.3 Å². The smallest absolute Gasteiger partial charge is 0.407 e. The summed E-state index contributed by atoms with van der Waals surface area (Å²) in [6.07, 6.45) is 4.78. The van der Waals surface area contributed by atoms with E-state index in [1.807, 2.05) is 45.0 Å². The molecule has 2 heterocycles. The van der Waals surface area contributed by atoms with Crippen molar-refractivity contribution in [3.8, 4) is 11.1 Å². The minimum absolute atomic E-state index is 0.130. The fraction of sp³-hybridized carbons (Fsp3) is 0.425. The second kappa shape index (κ2) is 14.5. The zero-order chi connectivity index (χ0) is 37.4. The number of hydrogen-bond acceptors (Lipinski definition) is 6. The Balaban J connectivity index is 1.05. The summed E-state index contributed by atoms with van der Waals surface area (Å²) in [5, 5.41) is 13.4. The van der Waals surface area contributed by atoms with E-state index in [2.05, 4.69) is 50.2 Å². The minimum atomic E-state index is -0.966. The molecule has 0 saturated heterocycles. The number of ether oxygens (including phenoxy) is 1. The molecule has 0 aliphatic heterocycles. The first kappa shape index (κ1) is 35.9. The van der Waals surface area contributed by atoms with Gasteiger partial charge in [-0.1, -0.05) is 24.3 Å². The number of amides is 3. The summed E-state index contributed by atoms with van der Waals surface area (Å²) in [6.45, 7) is 7.98. The molecule has 3 aromatic carbocycles. The molecule has 13 heteroatoms. The van der Waals surface area contributed by atoms with Gasteiger partial charge in [0.2, 0.25) is 11.8 Å². The molecule has 12 nitrogen and oxygen atoms in total. The summed E-state index contributed by atoms with van der Waals surface area (Å²) < 4.78 is 20.2. The summed E-state index contributed by atoms with van der Waals surface area (Å²) in [7, 11) is 0. The molecule has 5 aromatic rings. The van der Waals surface area contributed by atoms with Crippen LogP contribution in [0.4, 0.5) is 14.9 Å². The van der Waals surface area contributed by atoms with Crippen molar-refractivity contribution >= 4 is 45.5 Å². The zero-order valence-corrected chi connectivity index (χ0v) is 30.5. The highest BCUT2D eigenvalue weighted by molar-refractivity contribution is 5.99. The Bertz CT molecular complexity index is 2220. The number of carbonyl (C=O) groups is 3. The van der Waals surface area contributed by atoms with Gasteiger partial charge in [0, 0.05) is 30.5 Å². The molecule has 3 amide bonds. The van der Waals surface area contributed by atoms with Crippen molar-refractivity contribution in [2.75, 3.05) is 11.9 Å². The van der Waals surface area contributed by atoms with Crippen molar-refractivity contribution in [3.63, 3.8) is 0 Å². The van der Waals surface area contributed by atoms with Gasteiger partial charge in [-0.15, -0.1) is 0 Å². The number of anilines is 1. The van der Waals surface area contributed by atoms with Crippen molar-refractivity contribution in [2.24, 2.45) is 11.8 Å². The number of alkyl carbamates (subject to hydrolysis) is 1. The molecule has 278 valence electrons. The van der Waals surface area contributed by atoms with Crippen LogP contribution in [-0.2, 0) is 20.7 Å². The predicted octanol–water partition coefficient (Wildman–Crippen LogP) is 6.72. The van der Waals surface area contributed by atoms with Gasteiger partial charge in [-0.2, -0.15) is 0 Å². The fourth-order valence-electron chi connectivity index (χ4n) is 7.20. The highest BCUT2D eigenvalue weighted by atomic mass is 19.1. The van der Waals surface area contributed by atoms with Gasteiger partial charge in [-0.25, -0.2) is 14.2 Å². The molecule has 0 spiro atoms. The summed E-state index contributed by atoms with van der Waals surface area (Å²) in [5.41, 5.74) is 5.17. The molecule has 0 radical (unpaired) electrons. The highest BCUT2D eigenvalue weighted by Gasteiger charge is 2.31. The van der Waals surface area contributed by atoms with Crippen LogP contribution in [0.3, 0.4) is 0 Å².